The van der Waals surface area contributed by atoms with E-state index < -0.39 is 0 Å². The molecule has 5 heteroatoms. The molecule has 0 radical (unpaired) electrons. The minimum absolute atomic E-state index is 0.0328. The predicted octanol–water partition coefficient (Wildman–Crippen LogP) is 4.15. The quantitative estimate of drug-likeness (QED) is 0.805. The molecule has 0 spiro atoms. The van der Waals surface area contributed by atoms with Crippen molar-refractivity contribution in [2.45, 2.75) is 20.4 Å². The Balaban J connectivity index is 1.98. The number of hydrogen-bond acceptors (Lipinski definition) is 3. The summed E-state index contributed by atoms with van der Waals surface area (Å²) >= 11 is 3.43. The Bertz CT molecular complexity index is 731. The summed E-state index contributed by atoms with van der Waals surface area (Å²) in [6, 6.07) is 11.9. The first-order chi connectivity index (χ1) is 11.4. The Morgan fingerprint density at radius 2 is 1.96 bits per heavy atom. The predicted molar refractivity (Wildman–Crippen MR) is 102 cm³/mol. The van der Waals surface area contributed by atoms with Gasteiger partial charge in [0, 0.05) is 22.3 Å². The molecule has 2 aromatic rings. The number of halogens is 1. The molecule has 0 saturated heterocycles. The summed E-state index contributed by atoms with van der Waals surface area (Å²) in [5.74, 6) is 0.811. The van der Waals surface area contributed by atoms with E-state index in [1.165, 1.54) is 5.56 Å². The van der Waals surface area contributed by atoms with E-state index in [9.17, 15) is 4.79 Å². The third-order valence-corrected chi connectivity index (χ3v) is 4.25. The zero-order chi connectivity index (χ0) is 17.7. The summed E-state index contributed by atoms with van der Waals surface area (Å²) < 4.78 is 6.40. The first-order valence-electron chi connectivity index (χ1n) is 7.77. The minimum Gasteiger partial charge on any atom is -0.496 e. The summed E-state index contributed by atoms with van der Waals surface area (Å²) in [5, 5.41) is 2.96. The number of amides is 1. The molecular formula is C19H23BrN2O2. The van der Waals surface area contributed by atoms with Crippen LogP contribution in [0.3, 0.4) is 0 Å². The van der Waals surface area contributed by atoms with Crippen LogP contribution in [0.1, 0.15) is 16.7 Å². The van der Waals surface area contributed by atoms with Gasteiger partial charge in [-0.25, -0.2) is 0 Å². The molecule has 24 heavy (non-hydrogen) atoms. The van der Waals surface area contributed by atoms with Crippen LogP contribution in [0.5, 0.6) is 5.75 Å². The highest BCUT2D eigenvalue weighted by atomic mass is 79.9. The van der Waals surface area contributed by atoms with E-state index >= 15 is 0 Å². The van der Waals surface area contributed by atoms with E-state index in [2.05, 4.69) is 27.3 Å². The topological polar surface area (TPSA) is 41.6 Å². The van der Waals surface area contributed by atoms with Crippen molar-refractivity contribution in [3.63, 3.8) is 0 Å². The summed E-state index contributed by atoms with van der Waals surface area (Å²) in [6.07, 6.45) is 0. The van der Waals surface area contributed by atoms with E-state index in [1.807, 2.05) is 56.1 Å². The van der Waals surface area contributed by atoms with Crippen LogP contribution in [0.15, 0.2) is 40.9 Å². The molecule has 1 amide bonds. The maximum Gasteiger partial charge on any atom is 0.238 e. The number of ether oxygens (including phenoxy) is 1. The van der Waals surface area contributed by atoms with Crippen LogP contribution in [0.4, 0.5) is 5.69 Å². The van der Waals surface area contributed by atoms with E-state index in [1.54, 1.807) is 7.11 Å². The Morgan fingerprint density at radius 1 is 1.21 bits per heavy atom. The zero-order valence-electron chi connectivity index (χ0n) is 14.5. The number of nitrogens with zero attached hydrogens (tertiary/aromatic N) is 1. The number of aryl methyl sites for hydroxylation is 2. The van der Waals surface area contributed by atoms with Crippen LogP contribution < -0.4 is 10.1 Å². The second kappa shape index (κ2) is 8.31. The van der Waals surface area contributed by atoms with Gasteiger partial charge in [0.25, 0.3) is 0 Å². The monoisotopic (exact) mass is 390 g/mol. The lowest BCUT2D eigenvalue weighted by Gasteiger charge is -2.19. The van der Waals surface area contributed by atoms with Crippen molar-refractivity contribution in [2.75, 3.05) is 26.0 Å². The second-order valence-corrected chi connectivity index (χ2v) is 6.91. The van der Waals surface area contributed by atoms with Gasteiger partial charge in [-0.05, 0) is 50.7 Å². The van der Waals surface area contributed by atoms with Gasteiger partial charge in [0.1, 0.15) is 5.75 Å². The normalized spacial score (nSPS) is 10.8. The molecule has 0 aliphatic carbocycles. The number of carbonyl (C=O) groups excluding carboxylic acids is 1. The molecule has 2 rings (SSSR count). The highest BCUT2D eigenvalue weighted by Gasteiger charge is 2.11. The van der Waals surface area contributed by atoms with Crippen LogP contribution >= 0.6 is 15.9 Å². The highest BCUT2D eigenvalue weighted by Crippen LogP contribution is 2.22. The molecule has 0 heterocycles. The third-order valence-electron chi connectivity index (χ3n) is 3.75. The molecule has 4 nitrogen and oxygen atoms in total. The molecule has 0 aromatic heterocycles. The first kappa shape index (κ1) is 18.5. The van der Waals surface area contributed by atoms with Crippen LogP contribution in [-0.4, -0.2) is 31.5 Å². The summed E-state index contributed by atoms with van der Waals surface area (Å²) in [5.41, 5.74) is 4.12. The van der Waals surface area contributed by atoms with Crippen molar-refractivity contribution in [1.82, 2.24) is 4.90 Å². The van der Waals surface area contributed by atoms with Gasteiger partial charge in [0.15, 0.2) is 0 Å². The van der Waals surface area contributed by atoms with Gasteiger partial charge in [-0.2, -0.15) is 0 Å². The number of nitrogens with one attached hydrogen (secondary N) is 1. The van der Waals surface area contributed by atoms with Gasteiger partial charge < -0.3 is 10.1 Å². The Kier molecular flexibility index (Phi) is 6.40. The number of methoxy groups -OCH3 is 1. The fourth-order valence-electron chi connectivity index (χ4n) is 2.58. The summed E-state index contributed by atoms with van der Waals surface area (Å²) in [7, 11) is 3.59. The molecule has 2 aromatic carbocycles. The van der Waals surface area contributed by atoms with Crippen LogP contribution in [0.2, 0.25) is 0 Å². The van der Waals surface area contributed by atoms with E-state index in [0.29, 0.717) is 13.1 Å². The molecule has 0 atom stereocenters. The Labute approximate surface area is 151 Å². The molecular weight excluding hydrogens is 368 g/mol. The fourth-order valence-corrected chi connectivity index (χ4v) is 3.06. The average molecular weight is 391 g/mol. The van der Waals surface area contributed by atoms with Gasteiger partial charge in [-0.3, -0.25) is 9.69 Å². The molecule has 0 aliphatic heterocycles. The van der Waals surface area contributed by atoms with Crippen LogP contribution in [-0.2, 0) is 11.3 Å². The van der Waals surface area contributed by atoms with Gasteiger partial charge in [0.2, 0.25) is 5.91 Å². The van der Waals surface area contributed by atoms with E-state index in [0.717, 1.165) is 27.0 Å². The average Bonchev–Trinajstić information content (AvgIpc) is 2.50. The molecule has 0 bridgehead atoms. The zero-order valence-corrected chi connectivity index (χ0v) is 16.1. The maximum absolute atomic E-state index is 12.3. The number of hydrogen-bond donors (Lipinski definition) is 1. The van der Waals surface area contributed by atoms with Crippen molar-refractivity contribution in [3.05, 3.63) is 57.6 Å². The lowest BCUT2D eigenvalue weighted by molar-refractivity contribution is -0.117. The van der Waals surface area contributed by atoms with Crippen molar-refractivity contribution in [3.8, 4) is 5.75 Å². The smallest absolute Gasteiger partial charge is 0.238 e. The van der Waals surface area contributed by atoms with Gasteiger partial charge in [-0.15, -0.1) is 0 Å². The molecule has 1 N–H and O–H groups in total. The highest BCUT2D eigenvalue weighted by molar-refractivity contribution is 9.10. The van der Waals surface area contributed by atoms with E-state index in [4.69, 9.17) is 4.74 Å². The minimum atomic E-state index is -0.0328. The van der Waals surface area contributed by atoms with E-state index in [-0.39, 0.29) is 5.91 Å². The summed E-state index contributed by atoms with van der Waals surface area (Å²) in [4.78, 5) is 14.2. The standard InChI is InChI=1S/C19H23BrN2O2/c1-13-5-8-18(24-4)15(9-13)11-22(3)12-19(23)21-17-7-6-16(20)10-14(17)2/h5-10H,11-12H2,1-4H3,(H,21,23). The van der Waals surface area contributed by atoms with Gasteiger partial charge >= 0.3 is 0 Å². The second-order valence-electron chi connectivity index (χ2n) is 6.00. The Morgan fingerprint density at radius 3 is 2.62 bits per heavy atom. The van der Waals surface area contributed by atoms with Gasteiger partial charge in [-0.1, -0.05) is 33.6 Å². The van der Waals surface area contributed by atoms with Crippen molar-refractivity contribution in [1.29, 1.82) is 0 Å². The SMILES string of the molecule is COc1ccc(C)cc1CN(C)CC(=O)Nc1ccc(Br)cc1C. The number of anilines is 1. The molecule has 128 valence electrons. The molecule has 0 fully saturated rings. The molecule has 0 aliphatic rings. The number of rotatable bonds is 6. The first-order valence-corrected chi connectivity index (χ1v) is 8.56. The van der Waals surface area contributed by atoms with Crippen molar-refractivity contribution >= 4 is 27.5 Å². The number of likely N-dealkylation sites (N-methyl/N-ethyl adjacent to an activating group) is 1. The maximum atomic E-state index is 12.3. The summed E-state index contributed by atoms with van der Waals surface area (Å²) in [6.45, 7) is 4.98. The Hall–Kier alpha value is -1.85. The lowest BCUT2D eigenvalue weighted by Crippen LogP contribution is -2.30. The molecule has 0 saturated carbocycles. The number of carbonyl (C=O) groups is 1. The molecule has 0 unspecified atom stereocenters. The van der Waals surface area contributed by atoms with Gasteiger partial charge in [0.05, 0.1) is 13.7 Å². The third kappa shape index (κ3) is 5.08. The van der Waals surface area contributed by atoms with Crippen LogP contribution in [0, 0.1) is 13.8 Å². The van der Waals surface area contributed by atoms with Crippen molar-refractivity contribution < 1.29 is 9.53 Å². The van der Waals surface area contributed by atoms with Crippen LogP contribution in [0.25, 0.3) is 0 Å². The number of benzene rings is 2. The lowest BCUT2D eigenvalue weighted by atomic mass is 10.1. The fraction of sp³-hybridized carbons (Fsp3) is 0.316. The largest absolute Gasteiger partial charge is 0.496 e. The van der Waals surface area contributed by atoms with Crippen molar-refractivity contribution in [2.24, 2.45) is 0 Å².